The molecule has 0 unspecified atom stereocenters. The third kappa shape index (κ3) is 6.47. The number of hydrogen-bond donors (Lipinski definition) is 0. The quantitative estimate of drug-likeness (QED) is 0.601. The lowest BCUT2D eigenvalue weighted by Crippen LogP contribution is -2.11. The minimum absolute atomic E-state index is 0.542. The fourth-order valence-electron chi connectivity index (χ4n) is 1.36. The monoisotopic (exact) mass is 254 g/mol. The van der Waals surface area contributed by atoms with Crippen LogP contribution < -0.4 is 9.47 Å². The summed E-state index contributed by atoms with van der Waals surface area (Å²) in [5.74, 6) is 1.65. The largest absolute Gasteiger partial charge is 0.497 e. The topological polar surface area (TPSA) is 36.9 Å². The number of methoxy groups -OCH3 is 1. The van der Waals surface area contributed by atoms with Crippen molar-refractivity contribution >= 4 is 0 Å². The van der Waals surface area contributed by atoms with Crippen LogP contribution in [-0.2, 0) is 9.47 Å². The van der Waals surface area contributed by atoms with E-state index in [9.17, 15) is 0 Å². The van der Waals surface area contributed by atoms with E-state index in [-0.39, 0.29) is 0 Å². The number of hydrogen-bond acceptors (Lipinski definition) is 4. The average Bonchev–Trinajstić information content (AvgIpc) is 2.42. The van der Waals surface area contributed by atoms with Gasteiger partial charge in [-0.3, -0.25) is 0 Å². The molecule has 0 saturated carbocycles. The molecule has 0 fully saturated rings. The molecule has 1 rings (SSSR count). The molecule has 4 heteroatoms. The average molecular weight is 254 g/mol. The summed E-state index contributed by atoms with van der Waals surface area (Å²) >= 11 is 0. The molecule has 0 saturated heterocycles. The Hall–Kier alpha value is -1.26. The van der Waals surface area contributed by atoms with Crippen LogP contribution in [0.1, 0.15) is 13.3 Å². The maximum absolute atomic E-state index is 5.51. The number of rotatable bonds is 10. The predicted molar refractivity (Wildman–Crippen MR) is 70.4 cm³/mol. The predicted octanol–water partition coefficient (Wildman–Crippen LogP) is 2.52. The standard InChI is InChI=1S/C14H22O4/c1-3-8-16-9-10-17-11-12-18-14-6-4-13(15-2)5-7-14/h4-7H,3,8-12H2,1-2H3. The zero-order valence-electron chi connectivity index (χ0n) is 11.2. The third-order valence-electron chi connectivity index (χ3n) is 2.28. The van der Waals surface area contributed by atoms with E-state index >= 15 is 0 Å². The molecule has 0 heterocycles. The van der Waals surface area contributed by atoms with Crippen LogP contribution in [0.4, 0.5) is 0 Å². The van der Waals surface area contributed by atoms with Gasteiger partial charge in [-0.05, 0) is 30.7 Å². The second-order valence-corrected chi connectivity index (χ2v) is 3.75. The summed E-state index contributed by atoms with van der Waals surface area (Å²) in [6, 6.07) is 7.50. The van der Waals surface area contributed by atoms with Gasteiger partial charge in [0.15, 0.2) is 0 Å². The molecule has 1 aromatic rings. The van der Waals surface area contributed by atoms with Crippen molar-refractivity contribution in [3.63, 3.8) is 0 Å². The summed E-state index contributed by atoms with van der Waals surface area (Å²) in [5.41, 5.74) is 0. The molecule has 0 aliphatic carbocycles. The van der Waals surface area contributed by atoms with Crippen LogP contribution in [0.2, 0.25) is 0 Å². The van der Waals surface area contributed by atoms with E-state index in [1.54, 1.807) is 7.11 Å². The zero-order valence-corrected chi connectivity index (χ0v) is 11.2. The highest BCUT2D eigenvalue weighted by Crippen LogP contribution is 2.16. The van der Waals surface area contributed by atoms with Crippen molar-refractivity contribution in [2.24, 2.45) is 0 Å². The van der Waals surface area contributed by atoms with Gasteiger partial charge in [0.05, 0.1) is 26.9 Å². The fourth-order valence-corrected chi connectivity index (χ4v) is 1.36. The summed E-state index contributed by atoms with van der Waals surface area (Å²) in [6.07, 6.45) is 1.04. The van der Waals surface area contributed by atoms with E-state index in [4.69, 9.17) is 18.9 Å². The molecule has 0 aromatic heterocycles. The molecule has 0 amide bonds. The van der Waals surface area contributed by atoms with Crippen molar-refractivity contribution in [3.8, 4) is 11.5 Å². The van der Waals surface area contributed by atoms with E-state index < -0.39 is 0 Å². The van der Waals surface area contributed by atoms with Crippen molar-refractivity contribution < 1.29 is 18.9 Å². The Labute approximate surface area is 109 Å². The summed E-state index contributed by atoms with van der Waals surface area (Å²) < 4.78 is 21.2. The summed E-state index contributed by atoms with van der Waals surface area (Å²) in [5, 5.41) is 0. The first kappa shape index (κ1) is 14.8. The molecule has 0 atom stereocenters. The first-order chi connectivity index (χ1) is 8.86. The van der Waals surface area contributed by atoms with Gasteiger partial charge in [0.1, 0.15) is 18.1 Å². The van der Waals surface area contributed by atoms with Gasteiger partial charge in [-0.1, -0.05) is 6.92 Å². The maximum atomic E-state index is 5.51. The molecule has 0 bridgehead atoms. The van der Waals surface area contributed by atoms with Gasteiger partial charge in [0, 0.05) is 6.61 Å². The summed E-state index contributed by atoms with van der Waals surface area (Å²) in [6.45, 7) is 5.26. The highest BCUT2D eigenvalue weighted by molar-refractivity contribution is 5.31. The highest BCUT2D eigenvalue weighted by Gasteiger charge is 1.95. The molecule has 0 aliphatic rings. The van der Waals surface area contributed by atoms with Crippen LogP contribution >= 0.6 is 0 Å². The molecule has 0 radical (unpaired) electrons. The smallest absolute Gasteiger partial charge is 0.119 e. The van der Waals surface area contributed by atoms with Crippen molar-refractivity contribution in [2.45, 2.75) is 13.3 Å². The second kappa shape index (κ2) is 9.74. The van der Waals surface area contributed by atoms with Gasteiger partial charge in [0.2, 0.25) is 0 Å². The van der Waals surface area contributed by atoms with Crippen LogP contribution in [0.25, 0.3) is 0 Å². The Morgan fingerprint density at radius 2 is 1.33 bits per heavy atom. The minimum Gasteiger partial charge on any atom is -0.497 e. The minimum atomic E-state index is 0.542. The highest BCUT2D eigenvalue weighted by atomic mass is 16.5. The van der Waals surface area contributed by atoms with E-state index in [1.807, 2.05) is 24.3 Å². The number of ether oxygens (including phenoxy) is 4. The van der Waals surface area contributed by atoms with Gasteiger partial charge in [-0.25, -0.2) is 0 Å². The molecule has 1 aromatic carbocycles. The van der Waals surface area contributed by atoms with Crippen molar-refractivity contribution in [1.29, 1.82) is 0 Å². The van der Waals surface area contributed by atoms with Gasteiger partial charge in [-0.15, -0.1) is 0 Å². The van der Waals surface area contributed by atoms with Crippen LogP contribution in [0.3, 0.4) is 0 Å². The third-order valence-corrected chi connectivity index (χ3v) is 2.28. The van der Waals surface area contributed by atoms with E-state index in [0.29, 0.717) is 26.4 Å². The van der Waals surface area contributed by atoms with Crippen molar-refractivity contribution in [2.75, 3.05) is 40.1 Å². The number of benzene rings is 1. The van der Waals surface area contributed by atoms with E-state index in [2.05, 4.69) is 6.92 Å². The Balaban J connectivity index is 2.00. The molecule has 18 heavy (non-hydrogen) atoms. The van der Waals surface area contributed by atoms with Gasteiger partial charge in [0.25, 0.3) is 0 Å². The van der Waals surface area contributed by atoms with Crippen molar-refractivity contribution in [3.05, 3.63) is 24.3 Å². The molecular formula is C14H22O4. The van der Waals surface area contributed by atoms with Crippen LogP contribution in [0.15, 0.2) is 24.3 Å². The molecule has 0 spiro atoms. The zero-order chi connectivity index (χ0) is 13.1. The lowest BCUT2D eigenvalue weighted by Gasteiger charge is -2.08. The Morgan fingerprint density at radius 1 is 0.778 bits per heavy atom. The fraction of sp³-hybridized carbons (Fsp3) is 0.571. The SMILES string of the molecule is CCCOCCOCCOc1ccc(OC)cc1. The summed E-state index contributed by atoms with van der Waals surface area (Å²) in [4.78, 5) is 0. The molecule has 0 N–H and O–H groups in total. The molecule has 4 nitrogen and oxygen atoms in total. The molecular weight excluding hydrogens is 232 g/mol. The van der Waals surface area contributed by atoms with E-state index in [0.717, 1.165) is 24.5 Å². The Kier molecular flexibility index (Phi) is 8.01. The lowest BCUT2D eigenvalue weighted by molar-refractivity contribution is 0.0366. The van der Waals surface area contributed by atoms with Gasteiger partial charge < -0.3 is 18.9 Å². The molecule has 0 aliphatic heterocycles. The molecule has 102 valence electrons. The second-order valence-electron chi connectivity index (χ2n) is 3.75. The normalized spacial score (nSPS) is 10.3. The van der Waals surface area contributed by atoms with Gasteiger partial charge >= 0.3 is 0 Å². The van der Waals surface area contributed by atoms with Gasteiger partial charge in [-0.2, -0.15) is 0 Å². The maximum Gasteiger partial charge on any atom is 0.119 e. The van der Waals surface area contributed by atoms with E-state index in [1.165, 1.54) is 0 Å². The first-order valence-corrected chi connectivity index (χ1v) is 6.29. The Morgan fingerprint density at radius 3 is 1.94 bits per heavy atom. The van der Waals surface area contributed by atoms with Crippen molar-refractivity contribution in [1.82, 2.24) is 0 Å². The Bertz CT molecular complexity index is 297. The summed E-state index contributed by atoms with van der Waals surface area (Å²) in [7, 11) is 1.64. The first-order valence-electron chi connectivity index (χ1n) is 6.29. The lowest BCUT2D eigenvalue weighted by atomic mass is 10.3. The van der Waals surface area contributed by atoms with Crippen LogP contribution in [0, 0.1) is 0 Å². The van der Waals surface area contributed by atoms with Crippen LogP contribution in [0.5, 0.6) is 11.5 Å². The van der Waals surface area contributed by atoms with Crippen LogP contribution in [-0.4, -0.2) is 40.1 Å².